The van der Waals surface area contributed by atoms with Gasteiger partial charge in [0.25, 0.3) is 5.56 Å². The van der Waals surface area contributed by atoms with E-state index in [1.807, 2.05) is 30.3 Å². The summed E-state index contributed by atoms with van der Waals surface area (Å²) in [5.74, 6) is -0.163. The molecule has 2 aromatic rings. The van der Waals surface area contributed by atoms with Crippen LogP contribution in [0, 0.1) is 6.92 Å². The van der Waals surface area contributed by atoms with Gasteiger partial charge in [-0.1, -0.05) is 30.0 Å². The molecule has 0 bridgehead atoms. The Labute approximate surface area is 120 Å². The van der Waals surface area contributed by atoms with Crippen LogP contribution in [0.1, 0.15) is 12.6 Å². The topological polar surface area (TPSA) is 87.7 Å². The number of benzene rings is 1. The van der Waals surface area contributed by atoms with Crippen molar-refractivity contribution >= 4 is 23.4 Å². The van der Waals surface area contributed by atoms with Gasteiger partial charge in [0.1, 0.15) is 5.69 Å². The molecule has 1 atom stereocenters. The molecule has 0 aliphatic rings. The number of nitrogens with zero attached hydrogens (tertiary/aromatic N) is 2. The van der Waals surface area contributed by atoms with Crippen LogP contribution in [-0.4, -0.2) is 26.3 Å². The predicted molar refractivity (Wildman–Crippen MR) is 77.8 cm³/mol. The second-order valence-electron chi connectivity index (χ2n) is 4.16. The van der Waals surface area contributed by atoms with Gasteiger partial charge in [-0.2, -0.15) is 0 Å². The van der Waals surface area contributed by atoms with Gasteiger partial charge >= 0.3 is 0 Å². The maximum absolute atomic E-state index is 12.0. The third kappa shape index (κ3) is 3.67. The molecule has 0 saturated carbocycles. The van der Waals surface area contributed by atoms with Crippen LogP contribution in [-0.2, 0) is 4.79 Å². The molecule has 0 aliphatic heterocycles. The smallest absolute Gasteiger partial charge is 0.273 e. The summed E-state index contributed by atoms with van der Waals surface area (Å²) in [6.45, 7) is 3.31. The average molecular weight is 290 g/mol. The molecule has 7 heteroatoms. The van der Waals surface area contributed by atoms with Crippen LogP contribution in [0.4, 0.5) is 5.69 Å². The fourth-order valence-electron chi connectivity index (χ4n) is 1.42. The minimum atomic E-state index is -0.400. The minimum Gasteiger partial charge on any atom is -0.325 e. The van der Waals surface area contributed by atoms with Gasteiger partial charge in [-0.25, -0.2) is 0 Å². The molecule has 6 nitrogen and oxygen atoms in total. The van der Waals surface area contributed by atoms with Crippen molar-refractivity contribution in [2.24, 2.45) is 0 Å². The molecule has 1 heterocycles. The number of carbonyl (C=O) groups is 1. The van der Waals surface area contributed by atoms with E-state index in [2.05, 4.69) is 20.5 Å². The van der Waals surface area contributed by atoms with Crippen molar-refractivity contribution in [2.45, 2.75) is 24.3 Å². The first-order valence-electron chi connectivity index (χ1n) is 6.02. The van der Waals surface area contributed by atoms with Crippen molar-refractivity contribution in [1.29, 1.82) is 0 Å². The molecule has 1 aromatic carbocycles. The zero-order valence-corrected chi connectivity index (χ0v) is 11.9. The van der Waals surface area contributed by atoms with Crippen LogP contribution < -0.4 is 10.9 Å². The standard InChI is InChI=1S/C13H14N4O2S/c1-8-11(18)15-13(17-16-8)20-9(2)12(19)14-10-6-4-3-5-7-10/h3-7,9H,1-2H3,(H,14,19)(H,15,17,18)/t9-/m1/s1. The molecular weight excluding hydrogens is 276 g/mol. The highest BCUT2D eigenvalue weighted by Gasteiger charge is 2.16. The van der Waals surface area contributed by atoms with Gasteiger partial charge in [0, 0.05) is 5.69 Å². The second-order valence-corrected chi connectivity index (χ2v) is 5.49. The molecular formula is C13H14N4O2S. The van der Waals surface area contributed by atoms with Crippen LogP contribution in [0.2, 0.25) is 0 Å². The lowest BCUT2D eigenvalue weighted by Gasteiger charge is -2.10. The number of nitrogens with one attached hydrogen (secondary N) is 2. The number of H-pyrrole nitrogens is 1. The predicted octanol–water partition coefficient (Wildman–Crippen LogP) is 1.59. The molecule has 104 valence electrons. The minimum absolute atomic E-state index is 0.163. The van der Waals surface area contributed by atoms with Crippen LogP contribution >= 0.6 is 11.8 Å². The van der Waals surface area contributed by atoms with Gasteiger partial charge < -0.3 is 5.32 Å². The molecule has 2 N–H and O–H groups in total. The first-order valence-corrected chi connectivity index (χ1v) is 6.90. The largest absolute Gasteiger partial charge is 0.325 e. The van der Waals surface area contributed by atoms with Crippen molar-refractivity contribution in [2.75, 3.05) is 5.32 Å². The Morgan fingerprint density at radius 3 is 2.65 bits per heavy atom. The maximum Gasteiger partial charge on any atom is 0.273 e. The molecule has 0 aliphatic carbocycles. The Bertz CT molecular complexity index is 657. The fraction of sp³-hybridized carbons (Fsp3) is 0.231. The molecule has 1 aromatic heterocycles. The summed E-state index contributed by atoms with van der Waals surface area (Å²) in [7, 11) is 0. The summed E-state index contributed by atoms with van der Waals surface area (Å²) in [5, 5.41) is 10.3. The van der Waals surface area contributed by atoms with Gasteiger partial charge in [0.15, 0.2) is 5.16 Å². The molecule has 2 rings (SSSR count). The van der Waals surface area contributed by atoms with Crippen molar-refractivity contribution in [1.82, 2.24) is 15.2 Å². The van der Waals surface area contributed by atoms with Gasteiger partial charge in [0.05, 0.1) is 5.25 Å². The Morgan fingerprint density at radius 1 is 1.30 bits per heavy atom. The summed E-state index contributed by atoms with van der Waals surface area (Å²) in [6.07, 6.45) is 0. The number of carbonyl (C=O) groups excluding carboxylic acids is 1. The summed E-state index contributed by atoms with van der Waals surface area (Å²) >= 11 is 1.15. The number of thioether (sulfide) groups is 1. The number of aromatic amines is 1. The van der Waals surface area contributed by atoms with E-state index in [9.17, 15) is 9.59 Å². The quantitative estimate of drug-likeness (QED) is 0.835. The molecule has 0 spiro atoms. The number of aromatic nitrogens is 3. The molecule has 0 saturated heterocycles. The summed E-state index contributed by atoms with van der Waals surface area (Å²) < 4.78 is 0. The van der Waals surface area contributed by atoms with Crippen LogP contribution in [0.25, 0.3) is 0 Å². The number of hydrogen-bond donors (Lipinski definition) is 2. The Hall–Kier alpha value is -2.15. The van der Waals surface area contributed by atoms with E-state index in [-0.39, 0.29) is 11.5 Å². The second kappa shape index (κ2) is 6.33. The van der Waals surface area contributed by atoms with Crippen LogP contribution in [0.15, 0.2) is 40.3 Å². The van der Waals surface area contributed by atoms with E-state index in [0.717, 1.165) is 17.4 Å². The molecule has 0 unspecified atom stereocenters. The zero-order chi connectivity index (χ0) is 14.5. The van der Waals surface area contributed by atoms with E-state index >= 15 is 0 Å². The van der Waals surface area contributed by atoms with E-state index in [1.165, 1.54) is 0 Å². The average Bonchev–Trinajstić information content (AvgIpc) is 2.44. The summed E-state index contributed by atoms with van der Waals surface area (Å²) in [5.41, 5.74) is 0.738. The van der Waals surface area contributed by atoms with Gasteiger partial charge in [-0.3, -0.25) is 14.6 Å². The number of aryl methyl sites for hydroxylation is 1. The third-order valence-corrected chi connectivity index (χ3v) is 3.51. The SMILES string of the molecule is Cc1nnc(S[C@H](C)C(=O)Nc2ccccc2)[nH]c1=O. The van der Waals surface area contributed by atoms with Gasteiger partial charge in [-0.05, 0) is 26.0 Å². The first-order chi connectivity index (χ1) is 9.56. The van der Waals surface area contributed by atoms with Crippen LogP contribution in [0.3, 0.4) is 0 Å². The van der Waals surface area contributed by atoms with E-state index < -0.39 is 5.25 Å². The Balaban J connectivity index is 2.00. The lowest BCUT2D eigenvalue weighted by atomic mass is 10.3. The fourth-order valence-corrected chi connectivity index (χ4v) is 2.16. The maximum atomic E-state index is 12.0. The van der Waals surface area contributed by atoms with Crippen molar-refractivity contribution in [3.63, 3.8) is 0 Å². The Morgan fingerprint density at radius 2 is 2.00 bits per heavy atom. The van der Waals surface area contributed by atoms with E-state index in [1.54, 1.807) is 13.8 Å². The molecule has 0 radical (unpaired) electrons. The van der Waals surface area contributed by atoms with E-state index in [0.29, 0.717) is 10.9 Å². The summed E-state index contributed by atoms with van der Waals surface area (Å²) in [6, 6.07) is 9.18. The lowest BCUT2D eigenvalue weighted by molar-refractivity contribution is -0.115. The highest BCUT2D eigenvalue weighted by atomic mass is 32.2. The molecule has 20 heavy (non-hydrogen) atoms. The number of anilines is 1. The highest BCUT2D eigenvalue weighted by molar-refractivity contribution is 8.00. The third-order valence-electron chi connectivity index (χ3n) is 2.54. The van der Waals surface area contributed by atoms with Gasteiger partial charge in [0.2, 0.25) is 5.91 Å². The van der Waals surface area contributed by atoms with Crippen molar-refractivity contribution in [3.05, 3.63) is 46.4 Å². The monoisotopic (exact) mass is 290 g/mol. The number of hydrogen-bond acceptors (Lipinski definition) is 5. The summed E-state index contributed by atoms with van der Waals surface area (Å²) in [4.78, 5) is 26.0. The number of para-hydroxylation sites is 1. The number of rotatable bonds is 4. The first kappa shape index (κ1) is 14.3. The lowest BCUT2D eigenvalue weighted by Crippen LogP contribution is -2.23. The van der Waals surface area contributed by atoms with Crippen LogP contribution in [0.5, 0.6) is 0 Å². The molecule has 1 amide bonds. The van der Waals surface area contributed by atoms with Crippen molar-refractivity contribution < 1.29 is 4.79 Å². The van der Waals surface area contributed by atoms with Gasteiger partial charge in [-0.15, -0.1) is 10.2 Å². The zero-order valence-electron chi connectivity index (χ0n) is 11.1. The normalized spacial score (nSPS) is 11.9. The number of amides is 1. The molecule has 0 fully saturated rings. The highest BCUT2D eigenvalue weighted by Crippen LogP contribution is 2.19. The van der Waals surface area contributed by atoms with Crippen molar-refractivity contribution in [3.8, 4) is 0 Å². The Kier molecular flexibility index (Phi) is 4.52. The van der Waals surface area contributed by atoms with E-state index in [4.69, 9.17) is 0 Å².